The molecule has 0 amide bonds. The van der Waals surface area contributed by atoms with Crippen molar-refractivity contribution in [3.63, 3.8) is 0 Å². The summed E-state index contributed by atoms with van der Waals surface area (Å²) in [5.41, 5.74) is 0.960. The quantitative estimate of drug-likeness (QED) is 0.821. The molecule has 2 rings (SSSR count). The van der Waals surface area contributed by atoms with E-state index in [1.54, 1.807) is 12.3 Å². The van der Waals surface area contributed by atoms with Crippen LogP contribution in [-0.4, -0.2) is 16.5 Å². The fourth-order valence-corrected chi connectivity index (χ4v) is 2.82. The Bertz CT molecular complexity index is 548. The van der Waals surface area contributed by atoms with Gasteiger partial charge in [0.25, 0.3) is 0 Å². The van der Waals surface area contributed by atoms with E-state index in [4.69, 9.17) is 0 Å². The second-order valence-corrected chi connectivity index (χ2v) is 5.57. The fraction of sp³-hybridized carbons (Fsp3) is 0.333. The number of rotatable bonds is 6. The number of hydrogen-bond acceptors (Lipinski definition) is 4. The predicted octanol–water partition coefficient (Wildman–Crippen LogP) is 3.83. The first kappa shape index (κ1) is 14.9. The lowest BCUT2D eigenvalue weighted by atomic mass is 10.1. The Morgan fingerprint density at radius 1 is 1.35 bits per heavy atom. The van der Waals surface area contributed by atoms with Crippen molar-refractivity contribution in [3.8, 4) is 0 Å². The Morgan fingerprint density at radius 2 is 2.20 bits per heavy atom. The number of benzene rings is 1. The molecule has 1 heterocycles. The zero-order valence-corrected chi connectivity index (χ0v) is 12.5. The molecule has 3 nitrogen and oxygen atoms in total. The number of hydrogen-bond donors (Lipinski definition) is 1. The lowest BCUT2D eigenvalue weighted by Crippen LogP contribution is -2.20. The van der Waals surface area contributed by atoms with Crippen LogP contribution in [0.5, 0.6) is 0 Å². The molecule has 0 fully saturated rings. The lowest BCUT2D eigenvalue weighted by molar-refractivity contribution is 0.554. The maximum absolute atomic E-state index is 13.5. The zero-order chi connectivity index (χ0) is 14.4. The minimum Gasteiger partial charge on any atom is -0.310 e. The van der Waals surface area contributed by atoms with Gasteiger partial charge in [-0.05, 0) is 49.7 Å². The molecule has 1 aromatic carbocycles. The molecule has 1 N–H and O–H groups in total. The molecule has 20 heavy (non-hydrogen) atoms. The molecule has 0 bridgehead atoms. The summed E-state index contributed by atoms with van der Waals surface area (Å²) >= 11 is 1.53. The summed E-state index contributed by atoms with van der Waals surface area (Å²) in [5, 5.41) is 4.25. The summed E-state index contributed by atoms with van der Waals surface area (Å²) in [6.07, 6.45) is 4.27. The standard InChI is InChI=1S/C15H18FN3S/c1-3-7-18-11(2)13-9-12(16)4-5-14(13)20-15-6-8-17-10-19-15/h4-6,8-11,18H,3,7H2,1-2H3. The molecule has 0 aliphatic rings. The normalized spacial score (nSPS) is 12.3. The van der Waals surface area contributed by atoms with E-state index >= 15 is 0 Å². The van der Waals surface area contributed by atoms with E-state index in [1.807, 2.05) is 12.1 Å². The average molecular weight is 291 g/mol. The van der Waals surface area contributed by atoms with E-state index in [0.29, 0.717) is 0 Å². The van der Waals surface area contributed by atoms with E-state index in [-0.39, 0.29) is 11.9 Å². The molecule has 1 unspecified atom stereocenters. The highest BCUT2D eigenvalue weighted by Gasteiger charge is 2.12. The minimum atomic E-state index is -0.211. The maximum atomic E-state index is 13.5. The molecule has 0 saturated carbocycles. The van der Waals surface area contributed by atoms with Crippen LogP contribution in [0.1, 0.15) is 31.9 Å². The summed E-state index contributed by atoms with van der Waals surface area (Å²) in [5.74, 6) is -0.211. The van der Waals surface area contributed by atoms with Crippen molar-refractivity contribution in [3.05, 3.63) is 48.2 Å². The van der Waals surface area contributed by atoms with Gasteiger partial charge < -0.3 is 5.32 Å². The smallest absolute Gasteiger partial charge is 0.123 e. The third-order valence-corrected chi connectivity index (χ3v) is 3.95. The molecular formula is C15H18FN3S. The Labute approximate surface area is 123 Å². The molecule has 0 radical (unpaired) electrons. The van der Waals surface area contributed by atoms with E-state index < -0.39 is 0 Å². The van der Waals surface area contributed by atoms with Crippen molar-refractivity contribution >= 4 is 11.8 Å². The molecule has 0 aliphatic heterocycles. The maximum Gasteiger partial charge on any atom is 0.123 e. The van der Waals surface area contributed by atoms with Gasteiger partial charge in [-0.15, -0.1) is 0 Å². The van der Waals surface area contributed by atoms with Crippen molar-refractivity contribution in [2.75, 3.05) is 6.54 Å². The molecule has 0 spiro atoms. The Hall–Kier alpha value is -1.46. The summed E-state index contributed by atoms with van der Waals surface area (Å²) in [6, 6.07) is 6.84. The van der Waals surface area contributed by atoms with Gasteiger partial charge in [-0.3, -0.25) is 0 Å². The van der Waals surface area contributed by atoms with Gasteiger partial charge in [0.1, 0.15) is 17.2 Å². The van der Waals surface area contributed by atoms with Gasteiger partial charge in [-0.1, -0.05) is 18.7 Å². The number of nitrogens with zero attached hydrogens (tertiary/aromatic N) is 2. The second kappa shape index (κ2) is 7.36. The molecule has 5 heteroatoms. The third-order valence-electron chi connectivity index (χ3n) is 2.91. The molecule has 1 atom stereocenters. The molecule has 1 aromatic heterocycles. The highest BCUT2D eigenvalue weighted by Crippen LogP contribution is 2.32. The summed E-state index contributed by atoms with van der Waals surface area (Å²) in [4.78, 5) is 9.11. The van der Waals surface area contributed by atoms with Crippen LogP contribution in [0.2, 0.25) is 0 Å². The fourth-order valence-electron chi connectivity index (χ4n) is 1.87. The van der Waals surface area contributed by atoms with Crippen LogP contribution >= 0.6 is 11.8 Å². The van der Waals surface area contributed by atoms with E-state index in [0.717, 1.165) is 28.5 Å². The topological polar surface area (TPSA) is 37.8 Å². The van der Waals surface area contributed by atoms with Gasteiger partial charge in [-0.25, -0.2) is 14.4 Å². The first-order chi connectivity index (χ1) is 9.70. The summed E-state index contributed by atoms with van der Waals surface area (Å²) in [6.45, 7) is 5.08. The van der Waals surface area contributed by atoms with Gasteiger partial charge in [-0.2, -0.15) is 0 Å². The highest BCUT2D eigenvalue weighted by molar-refractivity contribution is 7.99. The number of nitrogens with one attached hydrogen (secondary N) is 1. The lowest BCUT2D eigenvalue weighted by Gasteiger charge is -2.17. The van der Waals surface area contributed by atoms with Crippen molar-refractivity contribution in [2.45, 2.75) is 36.2 Å². The van der Waals surface area contributed by atoms with Crippen LogP contribution < -0.4 is 5.32 Å². The van der Waals surface area contributed by atoms with Crippen LogP contribution in [0.15, 0.2) is 46.7 Å². The second-order valence-electron chi connectivity index (χ2n) is 4.51. The van der Waals surface area contributed by atoms with E-state index in [2.05, 4.69) is 29.1 Å². The van der Waals surface area contributed by atoms with Crippen LogP contribution in [0, 0.1) is 5.82 Å². The number of halogens is 1. The first-order valence-electron chi connectivity index (χ1n) is 6.67. The Balaban J connectivity index is 2.23. The number of aromatic nitrogens is 2. The molecule has 0 saturated heterocycles. The first-order valence-corrected chi connectivity index (χ1v) is 7.49. The Morgan fingerprint density at radius 3 is 2.90 bits per heavy atom. The zero-order valence-electron chi connectivity index (χ0n) is 11.6. The Kier molecular flexibility index (Phi) is 5.49. The SMILES string of the molecule is CCCNC(C)c1cc(F)ccc1Sc1ccncn1. The molecule has 2 aromatic rings. The van der Waals surface area contributed by atoms with Crippen LogP contribution in [0.3, 0.4) is 0 Å². The highest BCUT2D eigenvalue weighted by atomic mass is 32.2. The van der Waals surface area contributed by atoms with E-state index in [9.17, 15) is 4.39 Å². The van der Waals surface area contributed by atoms with Crippen molar-refractivity contribution in [1.29, 1.82) is 0 Å². The predicted molar refractivity (Wildman–Crippen MR) is 79.3 cm³/mol. The third kappa shape index (κ3) is 4.02. The van der Waals surface area contributed by atoms with Crippen molar-refractivity contribution in [1.82, 2.24) is 15.3 Å². The largest absolute Gasteiger partial charge is 0.310 e. The van der Waals surface area contributed by atoms with Gasteiger partial charge in [0.2, 0.25) is 0 Å². The van der Waals surface area contributed by atoms with Crippen LogP contribution in [0.4, 0.5) is 4.39 Å². The van der Waals surface area contributed by atoms with Gasteiger partial charge in [0, 0.05) is 17.1 Å². The molecular weight excluding hydrogens is 273 g/mol. The average Bonchev–Trinajstić information content (AvgIpc) is 2.47. The van der Waals surface area contributed by atoms with Crippen molar-refractivity contribution < 1.29 is 4.39 Å². The minimum absolute atomic E-state index is 0.106. The summed E-state index contributed by atoms with van der Waals surface area (Å²) < 4.78 is 13.5. The van der Waals surface area contributed by atoms with Crippen LogP contribution in [-0.2, 0) is 0 Å². The van der Waals surface area contributed by atoms with Crippen LogP contribution in [0.25, 0.3) is 0 Å². The van der Waals surface area contributed by atoms with Gasteiger partial charge >= 0.3 is 0 Å². The molecule has 0 aliphatic carbocycles. The van der Waals surface area contributed by atoms with Gasteiger partial charge in [0.15, 0.2) is 0 Å². The van der Waals surface area contributed by atoms with Crippen molar-refractivity contribution in [2.24, 2.45) is 0 Å². The monoisotopic (exact) mass is 291 g/mol. The molecule has 106 valence electrons. The summed E-state index contributed by atoms with van der Waals surface area (Å²) in [7, 11) is 0. The van der Waals surface area contributed by atoms with Gasteiger partial charge in [0.05, 0.1) is 0 Å². The van der Waals surface area contributed by atoms with E-state index in [1.165, 1.54) is 24.2 Å².